The molecule has 1 heterocycles. The standard InChI is InChI=1S/C26H25N3O/c27-17-18-10-11-21-16-25(26(30)28-22-8-2-1-3-9-22)29(24(21)14-18)23-13-12-19-6-4-5-7-20(19)15-23/h4-7,10-16H,1-3,8-9,17,27H2. The largest absolute Gasteiger partial charge is 0.326 e. The summed E-state index contributed by atoms with van der Waals surface area (Å²) in [5.74, 6) is -0.162. The average molecular weight is 396 g/mol. The van der Waals surface area contributed by atoms with Gasteiger partial charge in [-0.15, -0.1) is 0 Å². The summed E-state index contributed by atoms with van der Waals surface area (Å²) in [6, 6.07) is 22.7. The summed E-state index contributed by atoms with van der Waals surface area (Å²) >= 11 is 0. The highest BCUT2D eigenvalue weighted by molar-refractivity contribution is 6.06. The molecule has 0 unspecified atom stereocenters. The first kappa shape index (κ1) is 18.8. The number of carbonyl (C=O) groups is 1. The summed E-state index contributed by atoms with van der Waals surface area (Å²) in [5, 5.41) is 3.34. The monoisotopic (exact) mass is 395 g/mol. The molecule has 1 amide bonds. The Balaban J connectivity index is 1.70. The molecule has 4 nitrogen and oxygen atoms in total. The van der Waals surface area contributed by atoms with Gasteiger partial charge in [0.1, 0.15) is 5.69 Å². The van der Waals surface area contributed by atoms with Gasteiger partial charge in [0.25, 0.3) is 5.91 Å². The molecule has 30 heavy (non-hydrogen) atoms. The van der Waals surface area contributed by atoms with Crippen molar-refractivity contribution in [1.29, 1.82) is 0 Å². The van der Waals surface area contributed by atoms with Crippen LogP contribution in [-0.4, -0.2) is 16.2 Å². The molecule has 4 aromatic rings. The van der Waals surface area contributed by atoms with Crippen LogP contribution in [-0.2, 0) is 6.54 Å². The van der Waals surface area contributed by atoms with Crippen molar-refractivity contribution in [3.05, 3.63) is 78.0 Å². The first-order chi connectivity index (χ1) is 14.7. The molecule has 2 N–H and O–H groups in total. The maximum absolute atomic E-state index is 13.3. The maximum Gasteiger partial charge on any atom is 0.293 e. The number of fused-ring (bicyclic) bond motifs is 2. The van der Waals surface area contributed by atoms with Crippen LogP contribution in [0.1, 0.15) is 48.2 Å². The van der Waals surface area contributed by atoms with Crippen LogP contribution in [0.15, 0.2) is 71.7 Å². The molecule has 1 saturated carbocycles. The van der Waals surface area contributed by atoms with Crippen LogP contribution in [0.3, 0.4) is 0 Å². The van der Waals surface area contributed by atoms with Crippen molar-refractivity contribution < 1.29 is 4.79 Å². The van der Waals surface area contributed by atoms with Crippen molar-refractivity contribution in [3.63, 3.8) is 0 Å². The van der Waals surface area contributed by atoms with E-state index in [0.717, 1.165) is 58.9 Å². The lowest BCUT2D eigenvalue weighted by Gasteiger charge is -2.13. The zero-order chi connectivity index (χ0) is 20.5. The number of aliphatic imine (C=N–C) groups is 1. The van der Waals surface area contributed by atoms with E-state index < -0.39 is 0 Å². The molecule has 0 bridgehead atoms. The third-order valence-electron chi connectivity index (χ3n) is 6.01. The zero-order valence-corrected chi connectivity index (χ0v) is 17.0. The predicted octanol–water partition coefficient (Wildman–Crippen LogP) is 5.79. The lowest BCUT2D eigenvalue weighted by atomic mass is 9.98. The maximum atomic E-state index is 13.3. The second kappa shape index (κ2) is 7.88. The Morgan fingerprint density at radius 1 is 0.867 bits per heavy atom. The van der Waals surface area contributed by atoms with Gasteiger partial charge in [0, 0.05) is 23.3 Å². The molecule has 4 heteroatoms. The van der Waals surface area contributed by atoms with E-state index in [1.807, 2.05) is 34.9 Å². The van der Waals surface area contributed by atoms with Crippen molar-refractivity contribution in [3.8, 4) is 5.69 Å². The fourth-order valence-corrected chi connectivity index (χ4v) is 4.40. The van der Waals surface area contributed by atoms with E-state index in [4.69, 9.17) is 5.73 Å². The number of hydrogen-bond acceptors (Lipinski definition) is 2. The van der Waals surface area contributed by atoms with E-state index in [2.05, 4.69) is 41.4 Å². The quantitative estimate of drug-likeness (QED) is 0.477. The molecule has 0 radical (unpaired) electrons. The Kier molecular flexibility index (Phi) is 4.93. The molecular weight excluding hydrogens is 370 g/mol. The van der Waals surface area contributed by atoms with Gasteiger partial charge in [-0.05, 0) is 66.3 Å². The summed E-state index contributed by atoms with van der Waals surface area (Å²) in [6.07, 6.45) is 5.34. The van der Waals surface area contributed by atoms with Gasteiger partial charge in [0.15, 0.2) is 0 Å². The Morgan fingerprint density at radius 3 is 2.43 bits per heavy atom. The van der Waals surface area contributed by atoms with Crippen molar-refractivity contribution in [2.45, 2.75) is 38.6 Å². The molecule has 0 aliphatic heterocycles. The topological polar surface area (TPSA) is 60.4 Å². The second-order valence-electron chi connectivity index (χ2n) is 8.04. The number of rotatable bonds is 3. The smallest absolute Gasteiger partial charge is 0.293 e. The van der Waals surface area contributed by atoms with E-state index in [9.17, 15) is 4.79 Å². The Labute approximate surface area is 176 Å². The second-order valence-corrected chi connectivity index (χ2v) is 8.04. The highest BCUT2D eigenvalue weighted by atomic mass is 16.1. The molecule has 0 atom stereocenters. The summed E-state index contributed by atoms with van der Waals surface area (Å²) in [6.45, 7) is 0.463. The fourth-order valence-electron chi connectivity index (χ4n) is 4.40. The number of carbonyl (C=O) groups excluding carboxylic acids is 1. The van der Waals surface area contributed by atoms with Crippen molar-refractivity contribution >= 4 is 33.3 Å². The molecule has 3 aromatic carbocycles. The minimum Gasteiger partial charge on any atom is -0.326 e. The minimum atomic E-state index is -0.162. The average Bonchev–Trinajstić information content (AvgIpc) is 3.18. The summed E-state index contributed by atoms with van der Waals surface area (Å²) < 4.78 is 2.04. The number of hydrogen-bond donors (Lipinski definition) is 1. The van der Waals surface area contributed by atoms with Crippen LogP contribution in [0.2, 0.25) is 0 Å². The summed E-state index contributed by atoms with van der Waals surface area (Å²) in [5.41, 5.74) is 10.5. The van der Waals surface area contributed by atoms with Crippen LogP contribution in [0.5, 0.6) is 0 Å². The lowest BCUT2D eigenvalue weighted by Crippen LogP contribution is -2.11. The Hall–Kier alpha value is -3.24. The molecule has 1 aromatic heterocycles. The van der Waals surface area contributed by atoms with Crippen molar-refractivity contribution in [2.75, 3.05) is 0 Å². The van der Waals surface area contributed by atoms with Crippen LogP contribution < -0.4 is 5.73 Å². The van der Waals surface area contributed by atoms with Crippen molar-refractivity contribution in [1.82, 2.24) is 4.57 Å². The van der Waals surface area contributed by atoms with E-state index in [1.54, 1.807) is 0 Å². The highest BCUT2D eigenvalue weighted by Crippen LogP contribution is 2.28. The van der Waals surface area contributed by atoms with Gasteiger partial charge in [0.2, 0.25) is 0 Å². The molecule has 1 aliphatic rings. The first-order valence-electron chi connectivity index (χ1n) is 10.7. The van der Waals surface area contributed by atoms with Crippen LogP contribution in [0, 0.1) is 0 Å². The Bertz CT molecular complexity index is 1270. The SMILES string of the molecule is NCc1ccc2cc(C(=O)N=C3CCCCC3)n(-c3ccc4ccccc4c3)c2c1. The van der Waals surface area contributed by atoms with E-state index in [-0.39, 0.29) is 5.91 Å². The van der Waals surface area contributed by atoms with Gasteiger partial charge in [-0.3, -0.25) is 4.79 Å². The molecule has 150 valence electrons. The van der Waals surface area contributed by atoms with Crippen LogP contribution >= 0.6 is 0 Å². The third-order valence-corrected chi connectivity index (χ3v) is 6.01. The number of aromatic nitrogens is 1. The normalized spacial score (nSPS) is 14.4. The van der Waals surface area contributed by atoms with Crippen molar-refractivity contribution in [2.24, 2.45) is 10.7 Å². The molecular formula is C26H25N3O. The number of nitrogens with zero attached hydrogens (tertiary/aromatic N) is 2. The Morgan fingerprint density at radius 2 is 1.63 bits per heavy atom. The number of nitrogens with two attached hydrogens (primary N) is 1. The van der Waals surface area contributed by atoms with Gasteiger partial charge in [-0.1, -0.05) is 48.9 Å². The fraction of sp³-hybridized carbons (Fsp3) is 0.231. The van der Waals surface area contributed by atoms with Gasteiger partial charge in [-0.2, -0.15) is 0 Å². The number of amides is 1. The minimum absolute atomic E-state index is 0.162. The molecule has 1 fully saturated rings. The predicted molar refractivity (Wildman–Crippen MR) is 124 cm³/mol. The first-order valence-corrected chi connectivity index (χ1v) is 10.7. The molecule has 0 saturated heterocycles. The van der Waals surface area contributed by atoms with Gasteiger partial charge in [-0.25, -0.2) is 4.99 Å². The molecule has 5 rings (SSSR count). The van der Waals surface area contributed by atoms with Crippen LogP contribution in [0.4, 0.5) is 0 Å². The van der Waals surface area contributed by atoms with Gasteiger partial charge in [0.05, 0.1) is 5.52 Å². The van der Waals surface area contributed by atoms with E-state index >= 15 is 0 Å². The highest BCUT2D eigenvalue weighted by Gasteiger charge is 2.19. The van der Waals surface area contributed by atoms with Crippen LogP contribution in [0.25, 0.3) is 27.4 Å². The molecule has 0 spiro atoms. The van der Waals surface area contributed by atoms with Gasteiger partial charge < -0.3 is 10.3 Å². The van der Waals surface area contributed by atoms with Gasteiger partial charge >= 0.3 is 0 Å². The number of benzene rings is 3. The summed E-state index contributed by atoms with van der Waals surface area (Å²) in [4.78, 5) is 17.8. The lowest BCUT2D eigenvalue weighted by molar-refractivity contribution is 0.0996. The zero-order valence-electron chi connectivity index (χ0n) is 17.0. The third kappa shape index (κ3) is 3.44. The van der Waals surface area contributed by atoms with E-state index in [1.165, 1.54) is 11.8 Å². The van der Waals surface area contributed by atoms with E-state index in [0.29, 0.717) is 12.2 Å². The molecule has 1 aliphatic carbocycles. The summed E-state index contributed by atoms with van der Waals surface area (Å²) in [7, 11) is 0.